The zero-order chi connectivity index (χ0) is 7.23. The van der Waals surface area contributed by atoms with Crippen LogP contribution in [0.3, 0.4) is 0 Å². The zero-order valence-electron chi connectivity index (χ0n) is 6.05. The van der Waals surface area contributed by atoms with Gasteiger partial charge in [-0.1, -0.05) is 0 Å². The molecular formula is C7H14N2O. The molecule has 0 aliphatic carbocycles. The SMILES string of the molecule is NCCNCC1CC=CO1. The minimum atomic E-state index is 0.339. The molecule has 0 bridgehead atoms. The van der Waals surface area contributed by atoms with Crippen molar-refractivity contribution in [3.8, 4) is 0 Å². The van der Waals surface area contributed by atoms with Gasteiger partial charge in [0.25, 0.3) is 0 Å². The van der Waals surface area contributed by atoms with E-state index in [-0.39, 0.29) is 0 Å². The van der Waals surface area contributed by atoms with E-state index in [1.807, 2.05) is 6.08 Å². The van der Waals surface area contributed by atoms with Crippen LogP contribution >= 0.6 is 0 Å². The summed E-state index contributed by atoms with van der Waals surface area (Å²) in [5.41, 5.74) is 5.29. The molecule has 1 aliphatic heterocycles. The maximum Gasteiger partial charge on any atom is 0.114 e. The highest BCUT2D eigenvalue weighted by Gasteiger charge is 2.08. The Kier molecular flexibility index (Phi) is 3.26. The summed E-state index contributed by atoms with van der Waals surface area (Å²) in [6, 6.07) is 0. The Hall–Kier alpha value is -0.540. The fourth-order valence-corrected chi connectivity index (χ4v) is 0.926. The highest BCUT2D eigenvalue weighted by molar-refractivity contribution is 4.87. The molecule has 0 aromatic carbocycles. The van der Waals surface area contributed by atoms with Gasteiger partial charge in [0.1, 0.15) is 6.10 Å². The highest BCUT2D eigenvalue weighted by Crippen LogP contribution is 2.06. The summed E-state index contributed by atoms with van der Waals surface area (Å²) in [7, 11) is 0. The fourth-order valence-electron chi connectivity index (χ4n) is 0.926. The normalized spacial score (nSPS) is 23.1. The van der Waals surface area contributed by atoms with E-state index in [1.54, 1.807) is 6.26 Å². The van der Waals surface area contributed by atoms with E-state index in [0.29, 0.717) is 12.6 Å². The second-order valence-corrected chi connectivity index (χ2v) is 2.36. The van der Waals surface area contributed by atoms with Gasteiger partial charge in [0, 0.05) is 26.1 Å². The van der Waals surface area contributed by atoms with Crippen molar-refractivity contribution in [2.45, 2.75) is 12.5 Å². The van der Waals surface area contributed by atoms with Crippen LogP contribution in [0.2, 0.25) is 0 Å². The quantitative estimate of drug-likeness (QED) is 0.536. The molecule has 1 rings (SSSR count). The lowest BCUT2D eigenvalue weighted by Crippen LogP contribution is -2.30. The third-order valence-electron chi connectivity index (χ3n) is 1.46. The predicted octanol–water partition coefficient (Wildman–Crippen LogP) is -0.163. The van der Waals surface area contributed by atoms with Crippen LogP contribution in [0.5, 0.6) is 0 Å². The molecule has 0 aromatic heterocycles. The van der Waals surface area contributed by atoms with Gasteiger partial charge < -0.3 is 15.8 Å². The topological polar surface area (TPSA) is 47.3 Å². The van der Waals surface area contributed by atoms with Gasteiger partial charge in [0.15, 0.2) is 0 Å². The van der Waals surface area contributed by atoms with Gasteiger partial charge >= 0.3 is 0 Å². The summed E-state index contributed by atoms with van der Waals surface area (Å²) >= 11 is 0. The van der Waals surface area contributed by atoms with Gasteiger partial charge in [0.05, 0.1) is 6.26 Å². The number of nitrogens with two attached hydrogens (primary N) is 1. The lowest BCUT2D eigenvalue weighted by molar-refractivity contribution is 0.168. The summed E-state index contributed by atoms with van der Waals surface area (Å²) in [5.74, 6) is 0. The monoisotopic (exact) mass is 142 g/mol. The Morgan fingerprint density at radius 2 is 2.60 bits per heavy atom. The van der Waals surface area contributed by atoms with Crippen LogP contribution < -0.4 is 11.1 Å². The third-order valence-corrected chi connectivity index (χ3v) is 1.46. The molecule has 10 heavy (non-hydrogen) atoms. The predicted molar refractivity (Wildman–Crippen MR) is 40.6 cm³/mol. The van der Waals surface area contributed by atoms with Crippen molar-refractivity contribution >= 4 is 0 Å². The average Bonchev–Trinajstić information content (AvgIpc) is 2.41. The molecule has 0 spiro atoms. The smallest absolute Gasteiger partial charge is 0.114 e. The molecule has 3 heteroatoms. The van der Waals surface area contributed by atoms with E-state index >= 15 is 0 Å². The molecule has 0 amide bonds. The number of rotatable bonds is 4. The van der Waals surface area contributed by atoms with Crippen LogP contribution in [0.25, 0.3) is 0 Å². The van der Waals surface area contributed by atoms with E-state index < -0.39 is 0 Å². The Balaban J connectivity index is 1.93. The van der Waals surface area contributed by atoms with Crippen molar-refractivity contribution in [1.82, 2.24) is 5.32 Å². The van der Waals surface area contributed by atoms with E-state index in [0.717, 1.165) is 19.5 Å². The number of ether oxygens (including phenoxy) is 1. The summed E-state index contributed by atoms with van der Waals surface area (Å²) < 4.78 is 5.22. The van der Waals surface area contributed by atoms with Gasteiger partial charge in [-0.25, -0.2) is 0 Å². The Bertz CT molecular complexity index is 106. The van der Waals surface area contributed by atoms with Crippen molar-refractivity contribution in [1.29, 1.82) is 0 Å². The van der Waals surface area contributed by atoms with Crippen molar-refractivity contribution in [3.63, 3.8) is 0 Å². The number of nitrogens with one attached hydrogen (secondary N) is 1. The van der Waals surface area contributed by atoms with E-state index in [2.05, 4.69) is 5.32 Å². The molecule has 3 N–H and O–H groups in total. The number of hydrogen-bond donors (Lipinski definition) is 2. The van der Waals surface area contributed by atoms with Crippen LogP contribution in [-0.4, -0.2) is 25.7 Å². The first-order valence-corrected chi connectivity index (χ1v) is 3.64. The molecule has 1 atom stereocenters. The maximum atomic E-state index is 5.29. The van der Waals surface area contributed by atoms with Crippen LogP contribution in [0.4, 0.5) is 0 Å². The lowest BCUT2D eigenvalue weighted by Gasteiger charge is -2.09. The minimum Gasteiger partial charge on any atom is -0.497 e. The van der Waals surface area contributed by atoms with Crippen molar-refractivity contribution < 1.29 is 4.74 Å². The summed E-state index contributed by atoms with van der Waals surface area (Å²) in [4.78, 5) is 0. The first-order chi connectivity index (χ1) is 4.93. The molecule has 58 valence electrons. The molecule has 0 radical (unpaired) electrons. The summed E-state index contributed by atoms with van der Waals surface area (Å²) in [6.07, 6.45) is 5.16. The average molecular weight is 142 g/mol. The molecule has 1 heterocycles. The van der Waals surface area contributed by atoms with Crippen LogP contribution in [-0.2, 0) is 4.74 Å². The summed E-state index contributed by atoms with van der Waals surface area (Å²) in [6.45, 7) is 2.48. The van der Waals surface area contributed by atoms with E-state index in [1.165, 1.54) is 0 Å². The second-order valence-electron chi connectivity index (χ2n) is 2.36. The first-order valence-electron chi connectivity index (χ1n) is 3.64. The molecular weight excluding hydrogens is 128 g/mol. The molecule has 3 nitrogen and oxygen atoms in total. The van der Waals surface area contributed by atoms with E-state index in [9.17, 15) is 0 Å². The Morgan fingerprint density at radius 1 is 1.70 bits per heavy atom. The van der Waals surface area contributed by atoms with Crippen LogP contribution in [0, 0.1) is 0 Å². The first kappa shape index (κ1) is 7.57. The molecule has 1 unspecified atom stereocenters. The van der Waals surface area contributed by atoms with E-state index in [4.69, 9.17) is 10.5 Å². The minimum absolute atomic E-state index is 0.339. The molecule has 1 aliphatic rings. The van der Waals surface area contributed by atoms with Crippen molar-refractivity contribution in [3.05, 3.63) is 12.3 Å². The lowest BCUT2D eigenvalue weighted by atomic mass is 10.3. The molecule has 0 saturated carbocycles. The number of hydrogen-bond acceptors (Lipinski definition) is 3. The molecule has 0 saturated heterocycles. The second kappa shape index (κ2) is 4.30. The van der Waals surface area contributed by atoms with Gasteiger partial charge in [0.2, 0.25) is 0 Å². The van der Waals surface area contributed by atoms with Crippen LogP contribution in [0.1, 0.15) is 6.42 Å². The maximum absolute atomic E-state index is 5.29. The zero-order valence-corrected chi connectivity index (χ0v) is 6.05. The largest absolute Gasteiger partial charge is 0.497 e. The van der Waals surface area contributed by atoms with Gasteiger partial charge in [-0.15, -0.1) is 0 Å². The van der Waals surface area contributed by atoms with Gasteiger partial charge in [-0.2, -0.15) is 0 Å². The van der Waals surface area contributed by atoms with Crippen LogP contribution in [0.15, 0.2) is 12.3 Å². The Morgan fingerprint density at radius 3 is 3.20 bits per heavy atom. The van der Waals surface area contributed by atoms with Gasteiger partial charge in [-0.05, 0) is 6.08 Å². The van der Waals surface area contributed by atoms with Crippen molar-refractivity contribution in [2.75, 3.05) is 19.6 Å². The van der Waals surface area contributed by atoms with Crippen molar-refractivity contribution in [2.24, 2.45) is 5.73 Å². The van der Waals surface area contributed by atoms with Gasteiger partial charge in [-0.3, -0.25) is 0 Å². The fraction of sp³-hybridized carbons (Fsp3) is 0.714. The third kappa shape index (κ3) is 2.37. The molecule has 0 fully saturated rings. The highest BCUT2D eigenvalue weighted by atomic mass is 16.5. The molecule has 0 aromatic rings. The summed E-state index contributed by atoms with van der Waals surface area (Å²) in [5, 5.41) is 3.19. The standard InChI is InChI=1S/C7H14N2O/c8-3-4-9-6-7-2-1-5-10-7/h1,5,7,9H,2-4,6,8H2. The Labute approximate surface area is 61.2 Å².